The van der Waals surface area contributed by atoms with Gasteiger partial charge in [0.1, 0.15) is 5.82 Å². The maximum Gasteiger partial charge on any atom is 0.129 e. The van der Waals surface area contributed by atoms with Gasteiger partial charge in [-0.25, -0.2) is 9.37 Å². The van der Waals surface area contributed by atoms with Crippen LogP contribution in [0, 0.1) is 5.82 Å². The number of halogens is 2. The van der Waals surface area contributed by atoms with Crippen molar-refractivity contribution in [1.82, 2.24) is 10.4 Å². The van der Waals surface area contributed by atoms with Gasteiger partial charge in [0, 0.05) is 27.3 Å². The van der Waals surface area contributed by atoms with Crippen molar-refractivity contribution in [2.45, 2.75) is 38.6 Å². The summed E-state index contributed by atoms with van der Waals surface area (Å²) in [5.74, 6) is 5.32. The summed E-state index contributed by atoms with van der Waals surface area (Å²) in [7, 11) is 0. The van der Waals surface area contributed by atoms with E-state index in [1.807, 2.05) is 6.07 Å². The minimum Gasteiger partial charge on any atom is -0.271 e. The zero-order valence-corrected chi connectivity index (χ0v) is 14.7. The van der Waals surface area contributed by atoms with Gasteiger partial charge in [-0.1, -0.05) is 42.8 Å². The molecule has 3 N–H and O–H groups in total. The minimum absolute atomic E-state index is 0.0171. The van der Waals surface area contributed by atoms with Crippen LogP contribution in [0.2, 0.25) is 0 Å². The molecular weight excluding hydrogens is 353 g/mol. The predicted molar refractivity (Wildman–Crippen MR) is 88.7 cm³/mol. The van der Waals surface area contributed by atoms with Crippen molar-refractivity contribution in [2.24, 2.45) is 5.84 Å². The number of nitrogens with two attached hydrogens (primary N) is 1. The smallest absolute Gasteiger partial charge is 0.129 e. The molecule has 0 spiro atoms. The maximum absolute atomic E-state index is 14.0. The van der Waals surface area contributed by atoms with E-state index in [0.29, 0.717) is 16.5 Å². The lowest BCUT2D eigenvalue weighted by molar-refractivity contribution is 0.506. The molecule has 0 amide bonds. The number of hydrazine groups is 1. The van der Waals surface area contributed by atoms with E-state index in [-0.39, 0.29) is 17.3 Å². The van der Waals surface area contributed by atoms with E-state index in [9.17, 15) is 4.39 Å². The average Bonchev–Trinajstić information content (AvgIpc) is 2.85. The first-order valence-corrected chi connectivity index (χ1v) is 8.34. The maximum atomic E-state index is 14.0. The highest BCUT2D eigenvalue weighted by molar-refractivity contribution is 9.10. The highest BCUT2D eigenvalue weighted by Gasteiger charge is 2.20. The molecule has 0 aliphatic rings. The summed E-state index contributed by atoms with van der Waals surface area (Å²) in [6, 6.07) is 4.70. The zero-order valence-electron chi connectivity index (χ0n) is 12.3. The number of benzene rings is 1. The summed E-state index contributed by atoms with van der Waals surface area (Å²) in [4.78, 5) is 4.63. The number of nitrogens with zero attached hydrogens (tertiary/aromatic N) is 1. The van der Waals surface area contributed by atoms with Crippen molar-refractivity contribution in [3.63, 3.8) is 0 Å². The van der Waals surface area contributed by atoms with Crippen molar-refractivity contribution in [3.05, 3.63) is 50.1 Å². The van der Waals surface area contributed by atoms with Crippen molar-refractivity contribution in [3.8, 4) is 0 Å². The summed E-state index contributed by atoms with van der Waals surface area (Å²) < 4.78 is 14.8. The summed E-state index contributed by atoms with van der Waals surface area (Å²) in [5, 5.41) is 3.01. The fourth-order valence-corrected chi connectivity index (χ4v) is 3.37. The molecule has 0 radical (unpaired) electrons. The highest BCUT2D eigenvalue weighted by Crippen LogP contribution is 2.28. The van der Waals surface area contributed by atoms with E-state index < -0.39 is 0 Å². The number of aromatic nitrogens is 1. The largest absolute Gasteiger partial charge is 0.271 e. The monoisotopic (exact) mass is 371 g/mol. The Kier molecular flexibility index (Phi) is 5.14. The van der Waals surface area contributed by atoms with Crippen LogP contribution in [0.25, 0.3) is 0 Å². The molecular formula is C15H19BrFN3S. The lowest BCUT2D eigenvalue weighted by Gasteiger charge is -2.17. The van der Waals surface area contributed by atoms with E-state index in [1.54, 1.807) is 17.4 Å². The van der Waals surface area contributed by atoms with Crippen LogP contribution in [0.5, 0.6) is 0 Å². The van der Waals surface area contributed by atoms with Gasteiger partial charge in [-0.05, 0) is 12.1 Å². The molecule has 114 valence electrons. The fraction of sp³-hybridized carbons (Fsp3) is 0.400. The Morgan fingerprint density at radius 1 is 1.43 bits per heavy atom. The van der Waals surface area contributed by atoms with Gasteiger partial charge in [0.2, 0.25) is 0 Å². The molecule has 21 heavy (non-hydrogen) atoms. The van der Waals surface area contributed by atoms with Gasteiger partial charge in [0.05, 0.1) is 16.7 Å². The van der Waals surface area contributed by atoms with Gasteiger partial charge >= 0.3 is 0 Å². The summed E-state index contributed by atoms with van der Waals surface area (Å²) in [6.45, 7) is 6.37. The molecule has 1 unspecified atom stereocenters. The molecule has 0 saturated heterocycles. The Hall–Kier alpha value is -0.820. The fourth-order valence-electron chi connectivity index (χ4n) is 1.97. The lowest BCUT2D eigenvalue weighted by Crippen LogP contribution is -2.30. The van der Waals surface area contributed by atoms with Crippen LogP contribution in [0.4, 0.5) is 4.39 Å². The van der Waals surface area contributed by atoms with E-state index in [1.165, 1.54) is 6.07 Å². The number of thiazole rings is 1. The Balaban J connectivity index is 2.21. The number of rotatable bonds is 4. The normalized spacial score (nSPS) is 13.4. The first-order valence-electron chi connectivity index (χ1n) is 6.67. The van der Waals surface area contributed by atoms with E-state index in [4.69, 9.17) is 5.84 Å². The standard InChI is InChI=1S/C15H19BrFN3S/c1-15(2,3)13-8-21-14(19-13)7-12(20-18)10-5-4-9(16)6-11(10)17/h4-6,8,12,20H,7,18H2,1-3H3. The highest BCUT2D eigenvalue weighted by atomic mass is 79.9. The van der Waals surface area contributed by atoms with Crippen LogP contribution in [-0.4, -0.2) is 4.98 Å². The van der Waals surface area contributed by atoms with Crippen molar-refractivity contribution >= 4 is 27.3 Å². The van der Waals surface area contributed by atoms with Crippen molar-refractivity contribution in [1.29, 1.82) is 0 Å². The Morgan fingerprint density at radius 3 is 2.67 bits per heavy atom. The van der Waals surface area contributed by atoms with E-state index in [2.05, 4.69) is 52.5 Å². The second kappa shape index (κ2) is 6.52. The van der Waals surface area contributed by atoms with Gasteiger partial charge in [-0.15, -0.1) is 11.3 Å². The molecule has 0 aliphatic heterocycles. The second-order valence-corrected chi connectivity index (χ2v) is 7.82. The molecule has 0 saturated carbocycles. The first kappa shape index (κ1) is 16.5. The van der Waals surface area contributed by atoms with Crippen molar-refractivity contribution < 1.29 is 4.39 Å². The number of nitrogens with one attached hydrogen (secondary N) is 1. The summed E-state index contributed by atoms with van der Waals surface area (Å²) >= 11 is 4.84. The van der Waals surface area contributed by atoms with Gasteiger partial charge < -0.3 is 0 Å². The molecule has 1 aromatic heterocycles. The molecule has 1 heterocycles. The van der Waals surface area contributed by atoms with E-state index in [0.717, 1.165) is 10.7 Å². The number of hydrogen-bond acceptors (Lipinski definition) is 4. The summed E-state index contributed by atoms with van der Waals surface area (Å²) in [5.41, 5.74) is 4.30. The van der Waals surface area contributed by atoms with Crippen LogP contribution in [0.3, 0.4) is 0 Å². The first-order chi connectivity index (χ1) is 9.81. The van der Waals surface area contributed by atoms with Gasteiger partial charge in [-0.2, -0.15) is 0 Å². The number of hydrogen-bond donors (Lipinski definition) is 2. The third kappa shape index (κ3) is 4.10. The van der Waals surface area contributed by atoms with Gasteiger partial charge in [-0.3, -0.25) is 11.3 Å². The lowest BCUT2D eigenvalue weighted by atomic mass is 9.93. The molecule has 2 aromatic rings. The van der Waals surface area contributed by atoms with Crippen LogP contribution >= 0.6 is 27.3 Å². The molecule has 6 heteroatoms. The summed E-state index contributed by atoms with van der Waals surface area (Å²) in [6.07, 6.45) is 0.565. The Morgan fingerprint density at radius 2 is 2.14 bits per heavy atom. The van der Waals surface area contributed by atoms with Crippen LogP contribution in [0.1, 0.15) is 43.1 Å². The molecule has 1 aromatic carbocycles. The quantitative estimate of drug-likeness (QED) is 0.628. The van der Waals surface area contributed by atoms with Crippen LogP contribution in [0.15, 0.2) is 28.1 Å². The van der Waals surface area contributed by atoms with Gasteiger partial charge in [0.15, 0.2) is 0 Å². The zero-order chi connectivity index (χ0) is 15.6. The van der Waals surface area contributed by atoms with Gasteiger partial charge in [0.25, 0.3) is 0 Å². The minimum atomic E-state index is -0.294. The Bertz CT molecular complexity index is 622. The average molecular weight is 372 g/mol. The molecule has 3 nitrogen and oxygen atoms in total. The van der Waals surface area contributed by atoms with Crippen molar-refractivity contribution in [2.75, 3.05) is 0 Å². The SMILES string of the molecule is CC(C)(C)c1csc(CC(NN)c2ccc(Br)cc2F)n1. The van der Waals surface area contributed by atoms with Crippen LogP contribution < -0.4 is 11.3 Å². The van der Waals surface area contributed by atoms with Crippen LogP contribution in [-0.2, 0) is 11.8 Å². The predicted octanol–water partition coefficient (Wildman–Crippen LogP) is 4.09. The topological polar surface area (TPSA) is 50.9 Å². The molecule has 0 bridgehead atoms. The second-order valence-electron chi connectivity index (χ2n) is 5.97. The molecule has 0 fully saturated rings. The third-order valence-corrected chi connectivity index (χ3v) is 4.60. The molecule has 0 aliphatic carbocycles. The molecule has 1 atom stereocenters. The van der Waals surface area contributed by atoms with E-state index >= 15 is 0 Å². The Labute approximate surface area is 136 Å². The molecule has 2 rings (SSSR count). The third-order valence-electron chi connectivity index (χ3n) is 3.24.